The number of unbranched alkanes of at least 4 members (excludes halogenated alkanes) is 1. The summed E-state index contributed by atoms with van der Waals surface area (Å²) in [5, 5.41) is 21.3. The van der Waals surface area contributed by atoms with Crippen LogP contribution in [0.25, 0.3) is 0 Å². The van der Waals surface area contributed by atoms with Gasteiger partial charge in [-0.25, -0.2) is 14.7 Å². The maximum Gasteiger partial charge on any atom is 0.381 e. The number of hydrogen-bond donors (Lipinski definition) is 3. The topological polar surface area (TPSA) is 127 Å². The van der Waals surface area contributed by atoms with Crippen LogP contribution in [-0.4, -0.2) is 69.3 Å². The fourth-order valence-electron chi connectivity index (χ4n) is 3.90. The number of carboxylic acids is 1. The fourth-order valence-corrected chi connectivity index (χ4v) is 6.01. The molecule has 1 aromatic rings. The first-order valence-electron chi connectivity index (χ1n) is 12.2. The molecule has 3 N–H and O–H groups in total. The summed E-state index contributed by atoms with van der Waals surface area (Å²) >= 11 is 0. The molecule has 0 saturated carbocycles. The van der Waals surface area contributed by atoms with Crippen LogP contribution in [-0.2, 0) is 20.6 Å². The molecule has 1 rings (SSSR count). The van der Waals surface area contributed by atoms with E-state index in [2.05, 4.69) is 5.32 Å². The number of aryl methyl sites for hydroxylation is 1. The summed E-state index contributed by atoms with van der Waals surface area (Å²) in [5.41, 5.74) is 1.10. The smallest absolute Gasteiger partial charge is 0.381 e. The first-order chi connectivity index (χ1) is 16.4. The Morgan fingerprint density at radius 3 is 2.23 bits per heavy atom. The number of carboxylic acid groups (broad SMARTS) is 1. The molecule has 0 radical (unpaired) electrons. The first kappa shape index (κ1) is 30.5. The van der Waals surface area contributed by atoms with E-state index in [1.807, 2.05) is 44.2 Å². The first-order valence-corrected chi connectivity index (χ1v) is 13.6. The highest BCUT2D eigenvalue weighted by Crippen LogP contribution is 2.47. The molecular formula is C25H41N3O6P+. The van der Waals surface area contributed by atoms with Gasteiger partial charge in [-0.05, 0) is 51.0 Å². The van der Waals surface area contributed by atoms with Gasteiger partial charge in [-0.15, -0.1) is 0 Å². The Hall–Kier alpha value is -2.51. The van der Waals surface area contributed by atoms with E-state index in [9.17, 15) is 29.3 Å². The molecule has 0 aliphatic carbocycles. The minimum atomic E-state index is -2.34. The monoisotopic (exact) mass is 510 g/mol. The molecule has 0 heterocycles. The zero-order valence-corrected chi connectivity index (χ0v) is 22.5. The molecule has 10 heteroatoms. The van der Waals surface area contributed by atoms with E-state index in [1.54, 1.807) is 13.8 Å². The molecule has 35 heavy (non-hydrogen) atoms. The van der Waals surface area contributed by atoms with Crippen molar-refractivity contribution < 1.29 is 29.3 Å². The normalized spacial score (nSPS) is 13.3. The van der Waals surface area contributed by atoms with Crippen LogP contribution in [0.15, 0.2) is 30.3 Å². The molecule has 0 saturated heterocycles. The molecule has 1 unspecified atom stereocenters. The van der Waals surface area contributed by atoms with E-state index in [0.29, 0.717) is 30.7 Å². The Morgan fingerprint density at radius 1 is 1.06 bits per heavy atom. The Morgan fingerprint density at radius 2 is 1.69 bits per heavy atom. The summed E-state index contributed by atoms with van der Waals surface area (Å²) < 4.78 is 13.4. The molecule has 0 aromatic heterocycles. The van der Waals surface area contributed by atoms with E-state index in [1.165, 1.54) is 11.9 Å². The largest absolute Gasteiger partial charge is 0.476 e. The molecule has 0 fully saturated rings. The van der Waals surface area contributed by atoms with E-state index in [-0.39, 0.29) is 43.4 Å². The Labute approximate surface area is 209 Å². The number of carbonyl (C=O) groups is 3. The SMILES string of the molecule is CC(C)C[C@@](C(=O)O)(N(C)C(=O)CCCc1ccccc1)[P+](=O)CCCCN(O)C(=O)NC(C)C. The van der Waals surface area contributed by atoms with Crippen molar-refractivity contribution in [1.29, 1.82) is 0 Å². The van der Waals surface area contributed by atoms with E-state index < -0.39 is 25.1 Å². The Balaban J connectivity index is 2.82. The second-order valence-electron chi connectivity index (χ2n) is 9.55. The van der Waals surface area contributed by atoms with Gasteiger partial charge in [0.25, 0.3) is 0 Å². The van der Waals surface area contributed by atoms with E-state index in [4.69, 9.17) is 0 Å². The van der Waals surface area contributed by atoms with Crippen molar-refractivity contribution in [3.63, 3.8) is 0 Å². The van der Waals surface area contributed by atoms with Gasteiger partial charge in [0.2, 0.25) is 5.91 Å². The lowest BCUT2D eigenvalue weighted by molar-refractivity contribution is -0.152. The lowest BCUT2D eigenvalue weighted by atomic mass is 10.0. The van der Waals surface area contributed by atoms with E-state index >= 15 is 0 Å². The third-order valence-electron chi connectivity index (χ3n) is 5.70. The van der Waals surface area contributed by atoms with Crippen LogP contribution < -0.4 is 5.32 Å². The van der Waals surface area contributed by atoms with Gasteiger partial charge in [0, 0.05) is 25.9 Å². The van der Waals surface area contributed by atoms with Gasteiger partial charge in [0.15, 0.2) is 0 Å². The van der Waals surface area contributed by atoms with Crippen LogP contribution in [0.1, 0.15) is 65.4 Å². The second kappa shape index (κ2) is 14.8. The maximum absolute atomic E-state index is 13.4. The van der Waals surface area contributed by atoms with Gasteiger partial charge < -0.3 is 10.4 Å². The van der Waals surface area contributed by atoms with Gasteiger partial charge in [0.05, 0.1) is 6.54 Å². The van der Waals surface area contributed by atoms with Crippen molar-refractivity contribution in [3.8, 4) is 0 Å². The molecule has 3 amide bonds. The summed E-state index contributed by atoms with van der Waals surface area (Å²) in [7, 11) is -0.905. The average molecular weight is 511 g/mol. The molecule has 1 aromatic carbocycles. The lowest BCUT2D eigenvalue weighted by Gasteiger charge is -2.31. The van der Waals surface area contributed by atoms with Gasteiger partial charge in [-0.3, -0.25) is 14.9 Å². The highest BCUT2D eigenvalue weighted by atomic mass is 31.1. The zero-order valence-electron chi connectivity index (χ0n) is 21.6. The van der Waals surface area contributed by atoms with Crippen molar-refractivity contribution in [2.75, 3.05) is 19.8 Å². The molecule has 2 atom stereocenters. The predicted molar refractivity (Wildman–Crippen MR) is 136 cm³/mol. The van der Waals surface area contributed by atoms with Gasteiger partial charge in [0.1, 0.15) is 6.16 Å². The summed E-state index contributed by atoms with van der Waals surface area (Å²) in [6.45, 7) is 7.25. The predicted octanol–water partition coefficient (Wildman–Crippen LogP) is 4.71. The number of aliphatic carboxylic acids is 1. The molecule has 0 aliphatic heterocycles. The average Bonchev–Trinajstić information content (AvgIpc) is 2.79. The van der Waals surface area contributed by atoms with Crippen LogP contribution in [0.2, 0.25) is 0 Å². The third-order valence-corrected chi connectivity index (χ3v) is 7.93. The van der Waals surface area contributed by atoms with Crippen molar-refractivity contribution in [2.45, 2.75) is 77.5 Å². The number of benzene rings is 1. The molecule has 0 aliphatic rings. The van der Waals surface area contributed by atoms with E-state index in [0.717, 1.165) is 5.56 Å². The maximum atomic E-state index is 13.4. The Kier molecular flexibility index (Phi) is 12.9. The fraction of sp³-hybridized carbons (Fsp3) is 0.640. The van der Waals surface area contributed by atoms with Crippen molar-refractivity contribution in [1.82, 2.24) is 15.3 Å². The molecule has 0 spiro atoms. The molecular weight excluding hydrogens is 469 g/mol. The number of hydrogen-bond acceptors (Lipinski definition) is 5. The number of rotatable bonds is 15. The van der Waals surface area contributed by atoms with Crippen LogP contribution in [0.4, 0.5) is 4.79 Å². The minimum absolute atomic E-state index is 0.0280. The quantitative estimate of drug-likeness (QED) is 0.136. The summed E-state index contributed by atoms with van der Waals surface area (Å²) in [6.07, 6.45) is 2.23. The van der Waals surface area contributed by atoms with Crippen LogP contribution in [0.3, 0.4) is 0 Å². The standard InChI is InChI=1S/C25H40N3O6P/c1-19(2)18-25(23(30)31,27(5)22(29)15-11-14-21-12-7-6-8-13-21)35(34)17-10-9-16-28(33)24(32)26-20(3)4/h6-8,12-13,19-20,33H,9-11,14-18H2,1-5H3,(H-,26,30,31,32)/p+1/t25-/m1/s1. The summed E-state index contributed by atoms with van der Waals surface area (Å²) in [6, 6.07) is 8.99. The summed E-state index contributed by atoms with van der Waals surface area (Å²) in [5.74, 6) is -1.72. The van der Waals surface area contributed by atoms with Gasteiger partial charge in [-0.1, -0.05) is 48.7 Å². The summed E-state index contributed by atoms with van der Waals surface area (Å²) in [4.78, 5) is 38.4. The third kappa shape index (κ3) is 9.57. The van der Waals surface area contributed by atoms with Gasteiger partial charge >= 0.3 is 25.1 Å². The van der Waals surface area contributed by atoms with Crippen molar-refractivity contribution in [3.05, 3.63) is 35.9 Å². The number of carbonyl (C=O) groups excluding carboxylic acids is 2. The number of urea groups is 1. The highest BCUT2D eigenvalue weighted by Gasteiger charge is 2.60. The van der Waals surface area contributed by atoms with Crippen molar-refractivity contribution >= 4 is 25.7 Å². The highest BCUT2D eigenvalue weighted by molar-refractivity contribution is 7.47. The van der Waals surface area contributed by atoms with Crippen LogP contribution >= 0.6 is 7.80 Å². The van der Waals surface area contributed by atoms with Gasteiger partial charge in [-0.2, -0.15) is 0 Å². The molecule has 196 valence electrons. The number of likely N-dealkylation sites (N-methyl/N-ethyl adjacent to an activating group) is 1. The van der Waals surface area contributed by atoms with Crippen LogP contribution in [0, 0.1) is 5.92 Å². The van der Waals surface area contributed by atoms with Crippen LogP contribution in [0.5, 0.6) is 0 Å². The van der Waals surface area contributed by atoms with Crippen molar-refractivity contribution in [2.24, 2.45) is 5.92 Å². The lowest BCUT2D eigenvalue weighted by Crippen LogP contribution is -2.53. The Bertz CT molecular complexity index is 849. The number of amides is 3. The molecule has 0 bridgehead atoms. The number of hydroxylamine groups is 2. The zero-order chi connectivity index (χ0) is 26.6. The second-order valence-corrected chi connectivity index (χ2v) is 11.5. The minimum Gasteiger partial charge on any atom is -0.476 e. The number of nitrogens with one attached hydrogen (secondary N) is 1. The molecule has 9 nitrogen and oxygen atoms in total. The number of nitrogens with zero attached hydrogens (tertiary/aromatic N) is 2.